The maximum Gasteiger partial charge on any atom is 0.242 e. The SMILES string of the molecule is CC(Nc1ccncc1N)C(=O)NC1CC1. The minimum absolute atomic E-state index is 0.0127. The number of aromatic nitrogens is 1. The molecule has 1 amide bonds. The van der Waals surface area contributed by atoms with Gasteiger partial charge < -0.3 is 16.4 Å². The molecular weight excluding hydrogens is 204 g/mol. The molecule has 0 radical (unpaired) electrons. The lowest BCUT2D eigenvalue weighted by molar-refractivity contribution is -0.121. The highest BCUT2D eigenvalue weighted by Crippen LogP contribution is 2.20. The molecule has 4 N–H and O–H groups in total. The molecule has 1 atom stereocenters. The number of hydrogen-bond donors (Lipinski definition) is 3. The van der Waals surface area contributed by atoms with Crippen LogP contribution in [0.15, 0.2) is 18.5 Å². The Labute approximate surface area is 94.4 Å². The molecule has 1 saturated carbocycles. The number of carbonyl (C=O) groups excluding carboxylic acids is 1. The zero-order valence-corrected chi connectivity index (χ0v) is 9.23. The topological polar surface area (TPSA) is 80.0 Å². The van der Waals surface area contributed by atoms with E-state index in [1.807, 2.05) is 6.92 Å². The lowest BCUT2D eigenvalue weighted by atomic mass is 10.2. The first-order valence-corrected chi connectivity index (χ1v) is 5.43. The molecule has 1 unspecified atom stereocenters. The Balaban J connectivity index is 1.92. The Morgan fingerprint density at radius 1 is 1.62 bits per heavy atom. The first-order chi connectivity index (χ1) is 7.66. The second-order valence-electron chi connectivity index (χ2n) is 4.11. The number of rotatable bonds is 4. The van der Waals surface area contributed by atoms with Crippen molar-refractivity contribution >= 4 is 17.3 Å². The highest BCUT2D eigenvalue weighted by atomic mass is 16.2. The van der Waals surface area contributed by atoms with E-state index in [1.54, 1.807) is 18.5 Å². The molecule has 1 aliphatic carbocycles. The van der Waals surface area contributed by atoms with Crippen LogP contribution in [0.25, 0.3) is 0 Å². The minimum atomic E-state index is -0.287. The van der Waals surface area contributed by atoms with Crippen molar-refractivity contribution in [2.24, 2.45) is 0 Å². The second kappa shape index (κ2) is 4.38. The fraction of sp³-hybridized carbons (Fsp3) is 0.455. The number of anilines is 2. The van der Waals surface area contributed by atoms with Gasteiger partial charge in [0.05, 0.1) is 17.6 Å². The number of amides is 1. The van der Waals surface area contributed by atoms with E-state index in [2.05, 4.69) is 15.6 Å². The van der Waals surface area contributed by atoms with E-state index >= 15 is 0 Å². The highest BCUT2D eigenvalue weighted by Gasteiger charge is 2.25. The van der Waals surface area contributed by atoms with Gasteiger partial charge in [0.1, 0.15) is 6.04 Å². The third-order valence-electron chi connectivity index (χ3n) is 2.54. The van der Waals surface area contributed by atoms with Gasteiger partial charge in [0.2, 0.25) is 5.91 Å². The van der Waals surface area contributed by atoms with Crippen molar-refractivity contribution in [3.63, 3.8) is 0 Å². The predicted octanol–water partition coefficient (Wildman–Crippen LogP) is 0.743. The Morgan fingerprint density at radius 3 is 3.00 bits per heavy atom. The molecule has 1 aromatic heterocycles. The van der Waals surface area contributed by atoms with Crippen LogP contribution < -0.4 is 16.4 Å². The zero-order valence-electron chi connectivity index (χ0n) is 9.23. The van der Waals surface area contributed by atoms with E-state index < -0.39 is 0 Å². The van der Waals surface area contributed by atoms with Gasteiger partial charge in [0.15, 0.2) is 0 Å². The molecule has 1 heterocycles. The molecule has 1 aromatic rings. The first-order valence-electron chi connectivity index (χ1n) is 5.43. The molecule has 86 valence electrons. The van der Waals surface area contributed by atoms with Gasteiger partial charge in [-0.1, -0.05) is 0 Å². The Bertz CT molecular complexity index is 389. The van der Waals surface area contributed by atoms with E-state index in [0.717, 1.165) is 18.5 Å². The molecular formula is C11H16N4O. The van der Waals surface area contributed by atoms with Gasteiger partial charge in [-0.15, -0.1) is 0 Å². The Hall–Kier alpha value is -1.78. The highest BCUT2D eigenvalue weighted by molar-refractivity contribution is 5.85. The molecule has 16 heavy (non-hydrogen) atoms. The van der Waals surface area contributed by atoms with Crippen molar-refractivity contribution in [1.29, 1.82) is 0 Å². The molecule has 0 bridgehead atoms. The summed E-state index contributed by atoms with van der Waals surface area (Å²) < 4.78 is 0. The average molecular weight is 220 g/mol. The maximum atomic E-state index is 11.7. The minimum Gasteiger partial charge on any atom is -0.396 e. The number of nitrogens with two attached hydrogens (primary N) is 1. The second-order valence-corrected chi connectivity index (χ2v) is 4.11. The van der Waals surface area contributed by atoms with Crippen molar-refractivity contribution in [2.45, 2.75) is 31.8 Å². The van der Waals surface area contributed by atoms with Gasteiger partial charge in [-0.25, -0.2) is 0 Å². The molecule has 1 fully saturated rings. The van der Waals surface area contributed by atoms with Crippen LogP contribution in [-0.4, -0.2) is 23.0 Å². The van der Waals surface area contributed by atoms with E-state index in [4.69, 9.17) is 5.73 Å². The van der Waals surface area contributed by atoms with E-state index in [-0.39, 0.29) is 11.9 Å². The van der Waals surface area contributed by atoms with Gasteiger partial charge in [-0.3, -0.25) is 9.78 Å². The standard InChI is InChI=1S/C11H16N4O/c1-7(11(16)15-8-2-3-8)14-10-4-5-13-6-9(10)12/h4-8H,2-3,12H2,1H3,(H,13,14)(H,15,16). The summed E-state index contributed by atoms with van der Waals surface area (Å²) in [5.41, 5.74) is 7.02. The summed E-state index contributed by atoms with van der Waals surface area (Å²) in [6, 6.07) is 1.85. The summed E-state index contributed by atoms with van der Waals surface area (Å²) in [5, 5.41) is 6.00. The predicted molar refractivity (Wildman–Crippen MR) is 62.9 cm³/mol. The molecule has 0 spiro atoms. The number of nitrogen functional groups attached to an aromatic ring is 1. The van der Waals surface area contributed by atoms with Crippen molar-refractivity contribution in [1.82, 2.24) is 10.3 Å². The van der Waals surface area contributed by atoms with Gasteiger partial charge in [0, 0.05) is 12.2 Å². The number of hydrogen-bond acceptors (Lipinski definition) is 4. The van der Waals surface area contributed by atoms with Gasteiger partial charge in [-0.05, 0) is 25.8 Å². The van der Waals surface area contributed by atoms with E-state index in [1.165, 1.54) is 0 Å². The molecule has 0 saturated heterocycles. The van der Waals surface area contributed by atoms with Gasteiger partial charge in [0.25, 0.3) is 0 Å². The van der Waals surface area contributed by atoms with Crippen LogP contribution in [0, 0.1) is 0 Å². The Morgan fingerprint density at radius 2 is 2.38 bits per heavy atom. The summed E-state index contributed by atoms with van der Waals surface area (Å²) in [7, 11) is 0. The molecule has 0 aromatic carbocycles. The summed E-state index contributed by atoms with van der Waals surface area (Å²) in [6.07, 6.45) is 5.39. The van der Waals surface area contributed by atoms with Crippen LogP contribution in [0.1, 0.15) is 19.8 Å². The van der Waals surface area contributed by atoms with Crippen molar-refractivity contribution in [3.05, 3.63) is 18.5 Å². The first kappa shape index (κ1) is 10.7. The fourth-order valence-electron chi connectivity index (χ4n) is 1.39. The maximum absolute atomic E-state index is 11.7. The fourth-order valence-corrected chi connectivity index (χ4v) is 1.39. The number of carbonyl (C=O) groups is 1. The summed E-state index contributed by atoms with van der Waals surface area (Å²) in [4.78, 5) is 15.6. The van der Waals surface area contributed by atoms with Gasteiger partial charge >= 0.3 is 0 Å². The van der Waals surface area contributed by atoms with Crippen LogP contribution in [0.2, 0.25) is 0 Å². The number of nitrogens with one attached hydrogen (secondary N) is 2. The summed E-state index contributed by atoms with van der Waals surface area (Å²) in [5.74, 6) is 0.0127. The largest absolute Gasteiger partial charge is 0.396 e. The molecule has 5 nitrogen and oxygen atoms in total. The summed E-state index contributed by atoms with van der Waals surface area (Å²) in [6.45, 7) is 1.82. The van der Waals surface area contributed by atoms with Crippen LogP contribution in [0.4, 0.5) is 11.4 Å². The lowest BCUT2D eigenvalue weighted by Gasteiger charge is -2.15. The lowest BCUT2D eigenvalue weighted by Crippen LogP contribution is -2.38. The zero-order chi connectivity index (χ0) is 11.5. The number of nitrogens with zero attached hydrogens (tertiary/aromatic N) is 1. The van der Waals surface area contributed by atoms with Crippen LogP contribution in [0.5, 0.6) is 0 Å². The third kappa shape index (κ3) is 2.62. The molecule has 0 aliphatic heterocycles. The van der Waals surface area contributed by atoms with Crippen LogP contribution in [0.3, 0.4) is 0 Å². The normalized spacial score (nSPS) is 16.6. The van der Waals surface area contributed by atoms with Crippen LogP contribution >= 0.6 is 0 Å². The molecule has 2 rings (SSSR count). The Kier molecular flexibility index (Phi) is 2.94. The van der Waals surface area contributed by atoms with Crippen molar-refractivity contribution < 1.29 is 4.79 Å². The molecule has 5 heteroatoms. The monoisotopic (exact) mass is 220 g/mol. The smallest absolute Gasteiger partial charge is 0.242 e. The van der Waals surface area contributed by atoms with Gasteiger partial charge in [-0.2, -0.15) is 0 Å². The third-order valence-corrected chi connectivity index (χ3v) is 2.54. The van der Waals surface area contributed by atoms with Crippen molar-refractivity contribution in [2.75, 3.05) is 11.1 Å². The van der Waals surface area contributed by atoms with Crippen molar-refractivity contribution in [3.8, 4) is 0 Å². The van der Waals surface area contributed by atoms with E-state index in [9.17, 15) is 4.79 Å². The molecule has 1 aliphatic rings. The van der Waals surface area contributed by atoms with E-state index in [0.29, 0.717) is 11.7 Å². The quantitative estimate of drug-likeness (QED) is 0.699. The average Bonchev–Trinajstić information content (AvgIpc) is 3.05. The van der Waals surface area contributed by atoms with Crippen LogP contribution in [-0.2, 0) is 4.79 Å². The number of pyridine rings is 1. The summed E-state index contributed by atoms with van der Waals surface area (Å²) >= 11 is 0.